The second-order valence-corrected chi connectivity index (χ2v) is 6.77. The first kappa shape index (κ1) is 19.2. The quantitative estimate of drug-likeness (QED) is 0.740. The standard InChI is InChI=1S/C19H29N3O3/c1-3-16(10-13-23)20-19(25)21-17-6-4-15(5-7-17)18(24)22-11-8-14(2)9-12-22/h4-7,14,16,23H,3,8-13H2,1-2H3,(H2,20,21,25). The minimum Gasteiger partial charge on any atom is -0.396 e. The molecule has 2 rings (SSSR count). The van der Waals surface area contributed by atoms with Crippen LogP contribution in [0.25, 0.3) is 0 Å². The van der Waals surface area contributed by atoms with Crippen molar-refractivity contribution in [2.75, 3.05) is 25.0 Å². The van der Waals surface area contributed by atoms with Crippen molar-refractivity contribution in [1.82, 2.24) is 10.2 Å². The summed E-state index contributed by atoms with van der Waals surface area (Å²) in [7, 11) is 0. The van der Waals surface area contributed by atoms with Crippen LogP contribution in [0.2, 0.25) is 0 Å². The molecule has 138 valence electrons. The molecule has 25 heavy (non-hydrogen) atoms. The normalized spacial score (nSPS) is 16.4. The number of benzene rings is 1. The van der Waals surface area contributed by atoms with Gasteiger partial charge in [-0.2, -0.15) is 0 Å². The highest BCUT2D eigenvalue weighted by atomic mass is 16.3. The number of piperidine rings is 1. The Balaban J connectivity index is 1.88. The average Bonchev–Trinajstić information content (AvgIpc) is 2.62. The molecule has 1 atom stereocenters. The molecule has 1 aromatic rings. The zero-order valence-electron chi connectivity index (χ0n) is 15.1. The SMILES string of the molecule is CCC(CCO)NC(=O)Nc1ccc(C(=O)N2CCC(C)CC2)cc1. The van der Waals surface area contributed by atoms with Gasteiger partial charge in [0.05, 0.1) is 0 Å². The molecule has 3 N–H and O–H groups in total. The van der Waals surface area contributed by atoms with Crippen LogP contribution >= 0.6 is 0 Å². The molecule has 0 spiro atoms. The molecule has 1 aromatic carbocycles. The fourth-order valence-electron chi connectivity index (χ4n) is 2.98. The summed E-state index contributed by atoms with van der Waals surface area (Å²) >= 11 is 0. The molecule has 0 aromatic heterocycles. The van der Waals surface area contributed by atoms with Gasteiger partial charge in [-0.05, 0) is 55.9 Å². The van der Waals surface area contributed by atoms with Gasteiger partial charge >= 0.3 is 6.03 Å². The number of aliphatic hydroxyl groups excluding tert-OH is 1. The van der Waals surface area contributed by atoms with E-state index in [-0.39, 0.29) is 24.6 Å². The van der Waals surface area contributed by atoms with Gasteiger partial charge in [-0.1, -0.05) is 13.8 Å². The van der Waals surface area contributed by atoms with Crippen LogP contribution in [0.4, 0.5) is 10.5 Å². The lowest BCUT2D eigenvalue weighted by Crippen LogP contribution is -2.38. The highest BCUT2D eigenvalue weighted by Gasteiger charge is 2.21. The predicted molar refractivity (Wildman–Crippen MR) is 98.7 cm³/mol. The summed E-state index contributed by atoms with van der Waals surface area (Å²) in [6, 6.07) is 6.64. The molecule has 0 radical (unpaired) electrons. The van der Waals surface area contributed by atoms with Crippen LogP contribution in [0, 0.1) is 5.92 Å². The van der Waals surface area contributed by atoms with Crippen LogP contribution in [0.3, 0.4) is 0 Å². The van der Waals surface area contributed by atoms with Gasteiger partial charge in [-0.25, -0.2) is 4.79 Å². The van der Waals surface area contributed by atoms with Crippen LogP contribution in [-0.4, -0.2) is 47.7 Å². The van der Waals surface area contributed by atoms with Crippen molar-refractivity contribution in [1.29, 1.82) is 0 Å². The largest absolute Gasteiger partial charge is 0.396 e. The summed E-state index contributed by atoms with van der Waals surface area (Å²) in [5.41, 5.74) is 1.28. The minimum absolute atomic E-state index is 0.0465. The number of rotatable bonds is 6. The molecule has 0 aliphatic carbocycles. The van der Waals surface area contributed by atoms with E-state index in [1.165, 1.54) is 0 Å². The van der Waals surface area contributed by atoms with Crippen molar-refractivity contribution < 1.29 is 14.7 Å². The van der Waals surface area contributed by atoms with E-state index in [4.69, 9.17) is 5.11 Å². The number of urea groups is 1. The van der Waals surface area contributed by atoms with E-state index in [9.17, 15) is 9.59 Å². The summed E-state index contributed by atoms with van der Waals surface area (Å²) in [4.78, 5) is 26.4. The van der Waals surface area contributed by atoms with Gasteiger partial charge in [0.1, 0.15) is 0 Å². The highest BCUT2D eigenvalue weighted by molar-refractivity contribution is 5.95. The van der Waals surface area contributed by atoms with E-state index in [1.807, 2.05) is 11.8 Å². The van der Waals surface area contributed by atoms with Crippen molar-refractivity contribution in [3.8, 4) is 0 Å². The Morgan fingerprint density at radius 2 is 1.88 bits per heavy atom. The number of carbonyl (C=O) groups is 2. The van der Waals surface area contributed by atoms with E-state index < -0.39 is 0 Å². The summed E-state index contributed by atoms with van der Waals surface area (Å²) in [5.74, 6) is 0.740. The number of aliphatic hydroxyl groups is 1. The van der Waals surface area contributed by atoms with Gasteiger partial charge in [-0.3, -0.25) is 4.79 Å². The lowest BCUT2D eigenvalue weighted by Gasteiger charge is -2.30. The van der Waals surface area contributed by atoms with Crippen LogP contribution in [0.5, 0.6) is 0 Å². The number of likely N-dealkylation sites (tertiary alicyclic amines) is 1. The van der Waals surface area contributed by atoms with Gasteiger partial charge in [0.25, 0.3) is 5.91 Å². The molecule has 1 fully saturated rings. The number of nitrogens with zero attached hydrogens (tertiary/aromatic N) is 1. The van der Waals surface area contributed by atoms with Gasteiger partial charge in [-0.15, -0.1) is 0 Å². The molecule has 1 aliphatic rings. The summed E-state index contributed by atoms with van der Waals surface area (Å²) in [6.07, 6.45) is 3.40. The number of carbonyl (C=O) groups excluding carboxylic acids is 2. The van der Waals surface area contributed by atoms with Crippen molar-refractivity contribution >= 4 is 17.6 Å². The Bertz CT molecular complexity index is 566. The number of hydrogen-bond acceptors (Lipinski definition) is 3. The van der Waals surface area contributed by atoms with Gasteiger partial charge < -0.3 is 20.6 Å². The van der Waals surface area contributed by atoms with Crippen LogP contribution in [-0.2, 0) is 0 Å². The maximum absolute atomic E-state index is 12.5. The molecule has 6 nitrogen and oxygen atoms in total. The maximum Gasteiger partial charge on any atom is 0.319 e. The Labute approximate surface area is 149 Å². The van der Waals surface area contributed by atoms with E-state index in [0.717, 1.165) is 32.4 Å². The summed E-state index contributed by atoms with van der Waals surface area (Å²) in [6.45, 7) is 5.85. The molecule has 3 amide bonds. The minimum atomic E-state index is -0.301. The van der Waals surface area contributed by atoms with Gasteiger partial charge in [0.2, 0.25) is 0 Å². The molecule has 1 unspecified atom stereocenters. The van der Waals surface area contributed by atoms with Crippen molar-refractivity contribution in [3.05, 3.63) is 29.8 Å². The highest BCUT2D eigenvalue weighted by Crippen LogP contribution is 2.19. The van der Waals surface area contributed by atoms with Crippen molar-refractivity contribution in [3.63, 3.8) is 0 Å². The molecular weight excluding hydrogens is 318 g/mol. The Morgan fingerprint density at radius 3 is 2.44 bits per heavy atom. The Hall–Kier alpha value is -2.08. The van der Waals surface area contributed by atoms with E-state index in [1.54, 1.807) is 24.3 Å². The molecule has 1 aliphatic heterocycles. The Morgan fingerprint density at radius 1 is 1.24 bits per heavy atom. The van der Waals surface area contributed by atoms with Crippen LogP contribution in [0.15, 0.2) is 24.3 Å². The molecule has 0 saturated carbocycles. The third-order valence-corrected chi connectivity index (χ3v) is 4.77. The predicted octanol–water partition coefficient (Wildman–Crippen LogP) is 2.84. The summed E-state index contributed by atoms with van der Waals surface area (Å²) < 4.78 is 0. The first-order valence-electron chi connectivity index (χ1n) is 9.11. The first-order chi connectivity index (χ1) is 12.0. The van der Waals surface area contributed by atoms with Crippen molar-refractivity contribution in [2.45, 2.75) is 45.6 Å². The van der Waals surface area contributed by atoms with E-state index in [0.29, 0.717) is 23.6 Å². The fourth-order valence-corrected chi connectivity index (χ4v) is 2.98. The smallest absolute Gasteiger partial charge is 0.319 e. The topological polar surface area (TPSA) is 81.7 Å². The number of anilines is 1. The van der Waals surface area contributed by atoms with E-state index in [2.05, 4.69) is 17.6 Å². The molecule has 6 heteroatoms. The van der Waals surface area contributed by atoms with Crippen LogP contribution < -0.4 is 10.6 Å². The fraction of sp³-hybridized carbons (Fsp3) is 0.579. The van der Waals surface area contributed by atoms with Gasteiger partial charge in [0.15, 0.2) is 0 Å². The second kappa shape index (κ2) is 9.42. The maximum atomic E-state index is 12.5. The molecular formula is C19H29N3O3. The monoisotopic (exact) mass is 347 g/mol. The molecule has 1 heterocycles. The molecule has 0 bridgehead atoms. The lowest BCUT2D eigenvalue weighted by atomic mass is 9.98. The number of hydrogen-bond donors (Lipinski definition) is 3. The first-order valence-corrected chi connectivity index (χ1v) is 9.11. The zero-order chi connectivity index (χ0) is 18.2. The van der Waals surface area contributed by atoms with E-state index >= 15 is 0 Å². The second-order valence-electron chi connectivity index (χ2n) is 6.77. The summed E-state index contributed by atoms with van der Waals surface area (Å²) in [5, 5.41) is 14.6. The third-order valence-electron chi connectivity index (χ3n) is 4.77. The molecule has 1 saturated heterocycles. The Kier molecular flexibility index (Phi) is 7.25. The van der Waals surface area contributed by atoms with Gasteiger partial charge in [0, 0.05) is 37.0 Å². The lowest BCUT2D eigenvalue weighted by molar-refractivity contribution is 0.0697. The number of nitrogens with one attached hydrogen (secondary N) is 2. The number of amides is 3. The van der Waals surface area contributed by atoms with Crippen molar-refractivity contribution in [2.24, 2.45) is 5.92 Å². The third kappa shape index (κ3) is 5.74. The average molecular weight is 347 g/mol. The van der Waals surface area contributed by atoms with Crippen LogP contribution in [0.1, 0.15) is 49.9 Å². The zero-order valence-corrected chi connectivity index (χ0v) is 15.1.